The molecule has 5 heteroatoms. The molecule has 0 aromatic carbocycles. The third-order valence-electron chi connectivity index (χ3n) is 2.00. The van der Waals surface area contributed by atoms with Crippen LogP contribution in [0.5, 0.6) is 0 Å². The van der Waals surface area contributed by atoms with Gasteiger partial charge in [-0.15, -0.1) is 13.2 Å². The van der Waals surface area contributed by atoms with Gasteiger partial charge in [0.25, 0.3) is 5.91 Å². The molecule has 0 rings (SSSR count). The van der Waals surface area contributed by atoms with Crippen LogP contribution in [0.15, 0.2) is 37.1 Å². The third-order valence-corrected chi connectivity index (χ3v) is 2.00. The normalized spacial score (nSPS) is 10.3. The van der Waals surface area contributed by atoms with Crippen LogP contribution >= 0.6 is 0 Å². The van der Waals surface area contributed by atoms with E-state index in [1.807, 2.05) is 6.07 Å². The number of carbonyl (C=O) groups is 1. The molecule has 0 saturated carbocycles. The highest BCUT2D eigenvalue weighted by Gasteiger charge is 2.09. The molecule has 0 aromatic heterocycles. The van der Waals surface area contributed by atoms with Gasteiger partial charge in [0.1, 0.15) is 11.6 Å². The lowest BCUT2D eigenvalue weighted by Gasteiger charge is -2.16. The summed E-state index contributed by atoms with van der Waals surface area (Å²) in [5, 5.41) is 11.5. The van der Waals surface area contributed by atoms with Crippen LogP contribution in [0.25, 0.3) is 0 Å². The number of amides is 1. The largest absolute Gasteiger partial charge is 0.383 e. The number of hydrogen-bond donors (Lipinski definition) is 1. The maximum absolute atomic E-state index is 11.7. The van der Waals surface area contributed by atoms with Gasteiger partial charge >= 0.3 is 0 Å². The van der Waals surface area contributed by atoms with Crippen molar-refractivity contribution in [1.82, 2.24) is 10.2 Å². The van der Waals surface area contributed by atoms with E-state index in [0.29, 0.717) is 26.2 Å². The lowest BCUT2D eigenvalue weighted by molar-refractivity contribution is -0.117. The van der Waals surface area contributed by atoms with Crippen LogP contribution in [0.4, 0.5) is 0 Å². The van der Waals surface area contributed by atoms with Crippen molar-refractivity contribution in [2.24, 2.45) is 0 Å². The molecule has 18 heavy (non-hydrogen) atoms. The molecule has 5 nitrogen and oxygen atoms in total. The lowest BCUT2D eigenvalue weighted by Crippen LogP contribution is -2.29. The smallest absolute Gasteiger partial charge is 0.263 e. The highest BCUT2D eigenvalue weighted by molar-refractivity contribution is 5.97. The highest BCUT2D eigenvalue weighted by Crippen LogP contribution is 1.99. The summed E-state index contributed by atoms with van der Waals surface area (Å²) >= 11 is 0. The molecule has 0 bridgehead atoms. The SMILES string of the molecule is C=CCN(/C=C(/C#N)C(=O)NCCOC)CC=C. The first-order chi connectivity index (χ1) is 8.69. The Morgan fingerprint density at radius 1 is 1.44 bits per heavy atom. The Balaban J connectivity index is 4.60. The van der Waals surface area contributed by atoms with Crippen molar-refractivity contribution in [3.8, 4) is 6.07 Å². The lowest BCUT2D eigenvalue weighted by atomic mass is 10.3. The van der Waals surface area contributed by atoms with Gasteiger partial charge in [-0.05, 0) is 0 Å². The van der Waals surface area contributed by atoms with Gasteiger partial charge in [-0.25, -0.2) is 0 Å². The molecular weight excluding hydrogens is 230 g/mol. The van der Waals surface area contributed by atoms with E-state index in [0.717, 1.165) is 0 Å². The maximum atomic E-state index is 11.7. The number of methoxy groups -OCH3 is 1. The van der Waals surface area contributed by atoms with Crippen molar-refractivity contribution in [2.75, 3.05) is 33.4 Å². The molecule has 0 unspecified atom stereocenters. The zero-order valence-corrected chi connectivity index (χ0v) is 10.7. The summed E-state index contributed by atoms with van der Waals surface area (Å²) in [4.78, 5) is 13.4. The van der Waals surface area contributed by atoms with Crippen molar-refractivity contribution in [3.05, 3.63) is 37.1 Å². The number of nitrogens with one attached hydrogen (secondary N) is 1. The van der Waals surface area contributed by atoms with Crippen LogP contribution < -0.4 is 5.32 Å². The number of ether oxygens (including phenoxy) is 1. The number of nitriles is 1. The summed E-state index contributed by atoms with van der Waals surface area (Å²) < 4.78 is 4.81. The van der Waals surface area contributed by atoms with Crippen LogP contribution in [0.1, 0.15) is 0 Å². The van der Waals surface area contributed by atoms with Gasteiger partial charge < -0.3 is 15.0 Å². The van der Waals surface area contributed by atoms with Crippen molar-refractivity contribution < 1.29 is 9.53 Å². The molecule has 0 saturated heterocycles. The molecule has 98 valence electrons. The second kappa shape index (κ2) is 10.1. The minimum atomic E-state index is -0.410. The first-order valence-electron chi connectivity index (χ1n) is 5.54. The molecule has 0 radical (unpaired) electrons. The predicted molar refractivity (Wildman–Crippen MR) is 70.5 cm³/mol. The minimum absolute atomic E-state index is 0.0507. The second-order valence-electron chi connectivity index (χ2n) is 3.43. The molecule has 0 aliphatic carbocycles. The number of hydrogen-bond acceptors (Lipinski definition) is 4. The molecule has 0 heterocycles. The molecule has 0 spiro atoms. The summed E-state index contributed by atoms with van der Waals surface area (Å²) in [7, 11) is 1.54. The molecule has 0 atom stereocenters. The van der Waals surface area contributed by atoms with Gasteiger partial charge in [-0.1, -0.05) is 12.2 Å². The summed E-state index contributed by atoms with van der Waals surface area (Å²) in [5.74, 6) is -0.410. The van der Waals surface area contributed by atoms with Crippen LogP contribution in [-0.4, -0.2) is 44.2 Å². The van der Waals surface area contributed by atoms with Gasteiger partial charge in [0, 0.05) is 32.9 Å². The van der Waals surface area contributed by atoms with E-state index in [9.17, 15) is 4.79 Å². The van der Waals surface area contributed by atoms with Crippen molar-refractivity contribution in [3.63, 3.8) is 0 Å². The fraction of sp³-hybridized carbons (Fsp3) is 0.385. The second-order valence-corrected chi connectivity index (χ2v) is 3.43. The van der Waals surface area contributed by atoms with Gasteiger partial charge in [0.15, 0.2) is 0 Å². The Hall–Kier alpha value is -2.06. The average molecular weight is 249 g/mol. The van der Waals surface area contributed by atoms with Crippen molar-refractivity contribution in [1.29, 1.82) is 5.26 Å². The predicted octanol–water partition coefficient (Wildman–Crippen LogP) is 0.830. The van der Waals surface area contributed by atoms with E-state index in [2.05, 4.69) is 18.5 Å². The Morgan fingerprint density at radius 3 is 2.50 bits per heavy atom. The van der Waals surface area contributed by atoms with Gasteiger partial charge in [0.05, 0.1) is 6.61 Å². The van der Waals surface area contributed by atoms with E-state index in [4.69, 9.17) is 10.00 Å². The highest BCUT2D eigenvalue weighted by atomic mass is 16.5. The maximum Gasteiger partial charge on any atom is 0.263 e. The monoisotopic (exact) mass is 249 g/mol. The molecule has 0 fully saturated rings. The molecule has 1 amide bonds. The molecule has 0 aliphatic heterocycles. The zero-order chi connectivity index (χ0) is 13.8. The molecule has 1 N–H and O–H groups in total. The van der Waals surface area contributed by atoms with E-state index in [1.165, 1.54) is 6.20 Å². The number of carbonyl (C=O) groups excluding carboxylic acids is 1. The van der Waals surface area contributed by atoms with Gasteiger partial charge in [0.2, 0.25) is 0 Å². The zero-order valence-electron chi connectivity index (χ0n) is 10.7. The van der Waals surface area contributed by atoms with Gasteiger partial charge in [-0.3, -0.25) is 4.79 Å². The number of nitrogens with zero attached hydrogens (tertiary/aromatic N) is 2. The van der Waals surface area contributed by atoms with Crippen LogP contribution in [0.2, 0.25) is 0 Å². The van der Waals surface area contributed by atoms with Crippen LogP contribution in [0, 0.1) is 11.3 Å². The Kier molecular flexibility index (Phi) is 8.96. The summed E-state index contributed by atoms with van der Waals surface area (Å²) in [6, 6.07) is 1.87. The van der Waals surface area contributed by atoms with E-state index >= 15 is 0 Å². The fourth-order valence-electron chi connectivity index (χ4n) is 1.19. The molecule has 0 aromatic rings. The summed E-state index contributed by atoms with van der Waals surface area (Å²) in [6.45, 7) is 9.10. The average Bonchev–Trinajstić information content (AvgIpc) is 2.36. The minimum Gasteiger partial charge on any atom is -0.383 e. The fourth-order valence-corrected chi connectivity index (χ4v) is 1.19. The van der Waals surface area contributed by atoms with Crippen molar-refractivity contribution >= 4 is 5.91 Å². The van der Waals surface area contributed by atoms with Gasteiger partial charge in [-0.2, -0.15) is 5.26 Å². The van der Waals surface area contributed by atoms with Crippen molar-refractivity contribution in [2.45, 2.75) is 0 Å². The van der Waals surface area contributed by atoms with Crippen LogP contribution in [-0.2, 0) is 9.53 Å². The first-order valence-corrected chi connectivity index (χ1v) is 5.54. The van der Waals surface area contributed by atoms with Crippen LogP contribution in [0.3, 0.4) is 0 Å². The Bertz CT molecular complexity index is 346. The topological polar surface area (TPSA) is 65.4 Å². The quantitative estimate of drug-likeness (QED) is 0.284. The third kappa shape index (κ3) is 6.51. The number of rotatable bonds is 9. The molecular formula is C13H19N3O2. The molecule has 0 aliphatic rings. The Labute approximate surface area is 108 Å². The first kappa shape index (κ1) is 15.9. The Morgan fingerprint density at radius 2 is 2.06 bits per heavy atom. The van der Waals surface area contributed by atoms with E-state index < -0.39 is 5.91 Å². The standard InChI is InChI=1S/C13H19N3O2/c1-4-7-16(8-5-2)11-12(10-14)13(17)15-6-9-18-3/h4-5,11H,1-2,6-9H2,3H3,(H,15,17)/b12-11-. The summed E-state index contributed by atoms with van der Waals surface area (Å²) in [6.07, 6.45) is 4.89. The van der Waals surface area contributed by atoms with E-state index in [-0.39, 0.29) is 5.57 Å². The summed E-state index contributed by atoms with van der Waals surface area (Å²) in [5.41, 5.74) is 0.0507. The van der Waals surface area contributed by atoms with E-state index in [1.54, 1.807) is 24.2 Å².